The van der Waals surface area contributed by atoms with E-state index >= 15 is 0 Å². The van der Waals surface area contributed by atoms with Crippen molar-refractivity contribution in [2.45, 2.75) is 44.7 Å². The number of methoxy groups -OCH3 is 1. The fraction of sp³-hybridized carbons (Fsp3) is 0.571. The number of halogens is 1. The van der Waals surface area contributed by atoms with Crippen LogP contribution in [0, 0.1) is 0 Å². The molecule has 1 aliphatic heterocycles. The van der Waals surface area contributed by atoms with Gasteiger partial charge in [0, 0.05) is 12.6 Å². The van der Waals surface area contributed by atoms with Crippen molar-refractivity contribution in [3.63, 3.8) is 0 Å². The summed E-state index contributed by atoms with van der Waals surface area (Å²) in [4.78, 5) is 7.50. The number of guanidine groups is 1. The van der Waals surface area contributed by atoms with Gasteiger partial charge in [-0.05, 0) is 63.4 Å². The Morgan fingerprint density at radius 1 is 1.19 bits per heavy atom. The Labute approximate surface area is 180 Å². The fourth-order valence-corrected chi connectivity index (χ4v) is 3.74. The molecule has 0 saturated carbocycles. The second-order valence-corrected chi connectivity index (χ2v) is 7.04. The molecule has 1 aliphatic carbocycles. The van der Waals surface area contributed by atoms with E-state index in [1.165, 1.54) is 18.4 Å². The lowest BCUT2D eigenvalue weighted by atomic mass is 10.1. The van der Waals surface area contributed by atoms with E-state index in [-0.39, 0.29) is 24.0 Å². The quantitative estimate of drug-likeness (QED) is 0.268. The standard InChI is InChI=1S/C21H32N4O.HI/c1-3-22-21(24-18-8-4-5-9-18)23-16-20(25-14-6-7-15-25)17-10-12-19(26-2)13-11-17;/h4-5,10-13,18,20H,3,6-9,14-16H2,1-2H3,(H2,22,23,24);1H. The topological polar surface area (TPSA) is 48.9 Å². The van der Waals surface area contributed by atoms with Crippen molar-refractivity contribution in [3.05, 3.63) is 42.0 Å². The number of hydrogen-bond acceptors (Lipinski definition) is 3. The molecule has 1 aromatic carbocycles. The van der Waals surface area contributed by atoms with Crippen LogP contribution in [0.1, 0.15) is 44.2 Å². The smallest absolute Gasteiger partial charge is 0.191 e. The van der Waals surface area contributed by atoms with Gasteiger partial charge in [-0.2, -0.15) is 0 Å². The van der Waals surface area contributed by atoms with Crippen LogP contribution in [-0.4, -0.2) is 50.2 Å². The number of aliphatic imine (C=N–C) groups is 1. The van der Waals surface area contributed by atoms with Gasteiger partial charge >= 0.3 is 0 Å². The number of likely N-dealkylation sites (tertiary alicyclic amines) is 1. The van der Waals surface area contributed by atoms with E-state index in [0.29, 0.717) is 12.1 Å². The first-order valence-corrected chi connectivity index (χ1v) is 9.88. The van der Waals surface area contributed by atoms with Crippen LogP contribution < -0.4 is 15.4 Å². The largest absolute Gasteiger partial charge is 0.497 e. The zero-order valence-corrected chi connectivity index (χ0v) is 18.8. The van der Waals surface area contributed by atoms with Crippen molar-refractivity contribution >= 4 is 29.9 Å². The molecular weight excluding hydrogens is 451 g/mol. The molecule has 1 atom stereocenters. The molecule has 0 spiro atoms. The predicted molar refractivity (Wildman–Crippen MR) is 123 cm³/mol. The Morgan fingerprint density at radius 2 is 1.85 bits per heavy atom. The summed E-state index contributed by atoms with van der Waals surface area (Å²) in [5.41, 5.74) is 1.31. The number of hydrogen-bond donors (Lipinski definition) is 2. The lowest BCUT2D eigenvalue weighted by molar-refractivity contribution is 0.251. The molecule has 2 aliphatic rings. The molecule has 150 valence electrons. The second kappa shape index (κ2) is 11.5. The third-order valence-corrected chi connectivity index (χ3v) is 5.20. The predicted octanol–water partition coefficient (Wildman–Crippen LogP) is 3.72. The maximum atomic E-state index is 5.31. The highest BCUT2D eigenvalue weighted by Crippen LogP contribution is 2.27. The van der Waals surface area contributed by atoms with Gasteiger partial charge in [0.2, 0.25) is 0 Å². The molecule has 1 fully saturated rings. The first kappa shape index (κ1) is 22.0. The third-order valence-electron chi connectivity index (χ3n) is 5.20. The Kier molecular flexibility index (Phi) is 9.41. The fourth-order valence-electron chi connectivity index (χ4n) is 3.74. The van der Waals surface area contributed by atoms with Gasteiger partial charge in [0.1, 0.15) is 5.75 Å². The first-order chi connectivity index (χ1) is 12.8. The number of rotatable bonds is 7. The van der Waals surface area contributed by atoms with E-state index in [1.54, 1.807) is 7.11 Å². The van der Waals surface area contributed by atoms with Gasteiger partial charge in [0.15, 0.2) is 5.96 Å². The second-order valence-electron chi connectivity index (χ2n) is 7.04. The lowest BCUT2D eigenvalue weighted by Crippen LogP contribution is -2.43. The molecule has 0 bridgehead atoms. The third kappa shape index (κ3) is 6.38. The number of benzene rings is 1. The van der Waals surface area contributed by atoms with E-state index in [4.69, 9.17) is 9.73 Å². The Bertz CT molecular complexity index is 603. The SMILES string of the molecule is CCNC(=NCC(c1ccc(OC)cc1)N1CCCC1)NC1CC=CC1.I. The molecule has 3 rings (SSSR count). The average molecular weight is 484 g/mol. The van der Waals surface area contributed by atoms with E-state index in [2.05, 4.69) is 58.9 Å². The van der Waals surface area contributed by atoms with Crippen LogP contribution in [0.3, 0.4) is 0 Å². The van der Waals surface area contributed by atoms with Crippen LogP contribution in [0.4, 0.5) is 0 Å². The molecule has 2 N–H and O–H groups in total. The van der Waals surface area contributed by atoms with Crippen LogP contribution in [0.15, 0.2) is 41.4 Å². The van der Waals surface area contributed by atoms with Crippen LogP contribution in [0.25, 0.3) is 0 Å². The maximum Gasteiger partial charge on any atom is 0.191 e. The van der Waals surface area contributed by atoms with Crippen LogP contribution in [0.2, 0.25) is 0 Å². The van der Waals surface area contributed by atoms with Gasteiger partial charge in [-0.15, -0.1) is 24.0 Å². The van der Waals surface area contributed by atoms with E-state index in [1.807, 2.05) is 0 Å². The van der Waals surface area contributed by atoms with Crippen molar-refractivity contribution in [1.29, 1.82) is 0 Å². The van der Waals surface area contributed by atoms with Gasteiger partial charge < -0.3 is 15.4 Å². The molecule has 1 unspecified atom stereocenters. The Balaban J connectivity index is 0.00000261. The number of ether oxygens (including phenoxy) is 1. The summed E-state index contributed by atoms with van der Waals surface area (Å²) in [7, 11) is 1.71. The van der Waals surface area contributed by atoms with Crippen LogP contribution in [-0.2, 0) is 0 Å². The number of nitrogens with one attached hydrogen (secondary N) is 2. The minimum absolute atomic E-state index is 0. The summed E-state index contributed by atoms with van der Waals surface area (Å²) in [5.74, 6) is 1.83. The minimum Gasteiger partial charge on any atom is -0.497 e. The molecule has 1 saturated heterocycles. The lowest BCUT2D eigenvalue weighted by Gasteiger charge is -2.27. The highest BCUT2D eigenvalue weighted by molar-refractivity contribution is 14.0. The molecule has 27 heavy (non-hydrogen) atoms. The van der Waals surface area contributed by atoms with E-state index < -0.39 is 0 Å². The maximum absolute atomic E-state index is 5.31. The van der Waals surface area contributed by atoms with Gasteiger partial charge in [0.25, 0.3) is 0 Å². The zero-order chi connectivity index (χ0) is 18.2. The molecule has 5 nitrogen and oxygen atoms in total. The zero-order valence-electron chi connectivity index (χ0n) is 16.5. The van der Waals surface area contributed by atoms with Gasteiger partial charge in [0.05, 0.1) is 19.7 Å². The van der Waals surface area contributed by atoms with Crippen LogP contribution in [0.5, 0.6) is 5.75 Å². The molecular formula is C21H33IN4O. The minimum atomic E-state index is 0. The van der Waals surface area contributed by atoms with Crippen molar-refractivity contribution in [3.8, 4) is 5.75 Å². The molecule has 0 aromatic heterocycles. The summed E-state index contributed by atoms with van der Waals surface area (Å²) < 4.78 is 5.31. The summed E-state index contributed by atoms with van der Waals surface area (Å²) in [6.45, 7) is 6.07. The highest BCUT2D eigenvalue weighted by atomic mass is 127. The van der Waals surface area contributed by atoms with Crippen molar-refractivity contribution in [1.82, 2.24) is 15.5 Å². The van der Waals surface area contributed by atoms with E-state index in [0.717, 1.165) is 50.7 Å². The van der Waals surface area contributed by atoms with Crippen molar-refractivity contribution in [2.24, 2.45) is 4.99 Å². The van der Waals surface area contributed by atoms with Crippen molar-refractivity contribution < 1.29 is 4.74 Å². The average Bonchev–Trinajstić information content (AvgIpc) is 3.37. The summed E-state index contributed by atoms with van der Waals surface area (Å²) >= 11 is 0. The van der Waals surface area contributed by atoms with Crippen molar-refractivity contribution in [2.75, 3.05) is 33.3 Å². The molecule has 1 aromatic rings. The molecule has 1 heterocycles. The molecule has 6 heteroatoms. The van der Waals surface area contributed by atoms with Gasteiger partial charge in [-0.1, -0.05) is 24.3 Å². The Hall–Kier alpha value is -1.28. The summed E-state index contributed by atoms with van der Waals surface area (Å²) in [6.07, 6.45) is 9.21. The first-order valence-electron chi connectivity index (χ1n) is 9.88. The van der Waals surface area contributed by atoms with E-state index in [9.17, 15) is 0 Å². The normalized spacial score (nSPS) is 19.0. The molecule has 0 radical (unpaired) electrons. The molecule has 0 amide bonds. The summed E-state index contributed by atoms with van der Waals surface area (Å²) in [6, 6.07) is 9.25. The highest BCUT2D eigenvalue weighted by Gasteiger charge is 2.23. The Morgan fingerprint density at radius 3 is 2.44 bits per heavy atom. The van der Waals surface area contributed by atoms with Gasteiger partial charge in [-0.25, -0.2) is 0 Å². The van der Waals surface area contributed by atoms with Crippen LogP contribution >= 0.6 is 24.0 Å². The summed E-state index contributed by atoms with van der Waals surface area (Å²) in [5, 5.41) is 6.97. The number of nitrogens with zero attached hydrogens (tertiary/aromatic N) is 2. The van der Waals surface area contributed by atoms with Gasteiger partial charge in [-0.3, -0.25) is 9.89 Å². The monoisotopic (exact) mass is 484 g/mol.